The van der Waals surface area contributed by atoms with E-state index in [4.69, 9.17) is 52.1 Å². The quantitative estimate of drug-likeness (QED) is 0.111. The lowest BCUT2D eigenvalue weighted by Crippen LogP contribution is -2.72. The minimum atomic E-state index is -1.93. The first-order valence-electron chi connectivity index (χ1n) is 28.0. The molecule has 14 atom stereocenters. The van der Waals surface area contributed by atoms with E-state index in [1.54, 1.807) is 104 Å². The van der Waals surface area contributed by atoms with Crippen molar-refractivity contribution in [3.8, 4) is 0 Å². The Kier molecular flexibility index (Phi) is 22.2. The molecule has 2 aliphatic carbocycles. The third-order valence-corrected chi connectivity index (χ3v) is 13.2. The number of aliphatic hydroxyl groups is 3. The number of carbonyl (C=O) groups is 6. The lowest BCUT2D eigenvalue weighted by Gasteiger charge is -2.54. The van der Waals surface area contributed by atoms with E-state index < -0.39 is 156 Å². The number of fused-ring (bicyclic) bond motifs is 1. The number of hydrogen-bond acceptors (Lipinski definition) is 20. The Bertz CT molecular complexity index is 2100. The van der Waals surface area contributed by atoms with Crippen molar-refractivity contribution < 1.29 is 96.2 Å². The topological polar surface area (TPSA) is 328 Å². The number of hydrogen-bond donors (Lipinski definition) is 8. The molecule has 0 aromatic heterocycles. The molecule has 3 saturated heterocycles. The van der Waals surface area contributed by atoms with E-state index in [1.165, 1.54) is 11.9 Å². The van der Waals surface area contributed by atoms with Gasteiger partial charge in [0.25, 0.3) is 0 Å². The van der Waals surface area contributed by atoms with Crippen LogP contribution in [-0.4, -0.2) is 203 Å². The fourth-order valence-electron chi connectivity index (χ4n) is 9.88. The molecule has 2 saturated carbocycles. The van der Waals surface area contributed by atoms with Gasteiger partial charge in [0.2, 0.25) is 5.91 Å². The largest absolute Gasteiger partial charge is 0.444 e. The van der Waals surface area contributed by atoms with Crippen LogP contribution in [-0.2, 0) is 56.9 Å². The smallest absolute Gasteiger partial charge is 0.410 e. The second-order valence-corrected chi connectivity index (χ2v) is 26.4. The van der Waals surface area contributed by atoms with Crippen LogP contribution in [0.1, 0.15) is 162 Å². The van der Waals surface area contributed by atoms with Crippen molar-refractivity contribution >= 4 is 36.4 Å². The van der Waals surface area contributed by atoms with Gasteiger partial charge >= 0.3 is 30.5 Å². The van der Waals surface area contributed by atoms with Gasteiger partial charge in [-0.15, -0.1) is 0 Å². The zero-order valence-electron chi connectivity index (χ0n) is 49.8. The van der Waals surface area contributed by atoms with Crippen molar-refractivity contribution in [3.05, 3.63) is 0 Å². The van der Waals surface area contributed by atoms with Crippen LogP contribution in [0.3, 0.4) is 0 Å². The first-order chi connectivity index (χ1) is 36.8. The zero-order chi connectivity index (χ0) is 59.9. The summed E-state index contributed by atoms with van der Waals surface area (Å²) in [5.41, 5.74) is -4.51. The molecule has 80 heavy (non-hydrogen) atoms. The summed E-state index contributed by atoms with van der Waals surface area (Å²) in [6, 6.07) is -4.88. The third-order valence-electron chi connectivity index (χ3n) is 13.2. The Labute approximate surface area is 470 Å². The molecule has 5 aliphatic rings. The predicted molar refractivity (Wildman–Crippen MR) is 285 cm³/mol. The van der Waals surface area contributed by atoms with Crippen molar-refractivity contribution in [1.29, 1.82) is 0 Å². The Morgan fingerprint density at radius 3 is 1.66 bits per heavy atom. The molecule has 6 unspecified atom stereocenters. The van der Waals surface area contributed by atoms with E-state index in [0.29, 0.717) is 19.3 Å². The Morgan fingerprint density at radius 1 is 0.613 bits per heavy atom. The van der Waals surface area contributed by atoms with Crippen LogP contribution in [0.2, 0.25) is 0 Å². The number of nitrogens with zero attached hydrogens (tertiary/aromatic N) is 1. The van der Waals surface area contributed by atoms with Crippen LogP contribution < -0.4 is 26.6 Å². The van der Waals surface area contributed by atoms with E-state index in [2.05, 4.69) is 26.6 Å². The van der Waals surface area contributed by atoms with Crippen LogP contribution in [0, 0.1) is 0 Å². The maximum absolute atomic E-state index is 14.1. The minimum Gasteiger partial charge on any atom is -0.444 e. The first kappa shape index (κ1) is 66.3. The number of amides is 6. The average Bonchev–Trinajstić information content (AvgIpc) is 3.28. The second-order valence-electron chi connectivity index (χ2n) is 26.4. The van der Waals surface area contributed by atoms with E-state index in [0.717, 1.165) is 19.3 Å². The number of ether oxygens (including phenoxy) is 11. The lowest BCUT2D eigenvalue weighted by atomic mass is 9.83. The molecule has 26 heteroatoms. The number of nitrogens with one attached hydrogen (secondary N) is 5. The number of rotatable bonds is 14. The summed E-state index contributed by atoms with van der Waals surface area (Å²) in [6.07, 6.45) is -15.0. The zero-order valence-corrected chi connectivity index (χ0v) is 49.8. The number of alkyl carbamates (subject to hydrolysis) is 4. The molecular formula is C54H94N6O20. The molecule has 26 nitrogen and oxygen atoms in total. The second kappa shape index (κ2) is 26.8. The van der Waals surface area contributed by atoms with Gasteiger partial charge in [0, 0.05) is 33.0 Å². The highest BCUT2D eigenvalue weighted by Gasteiger charge is 2.57. The van der Waals surface area contributed by atoms with Gasteiger partial charge in [-0.2, -0.15) is 0 Å². The molecule has 5 rings (SSSR count). The van der Waals surface area contributed by atoms with Crippen molar-refractivity contribution in [2.45, 2.75) is 281 Å². The summed E-state index contributed by atoms with van der Waals surface area (Å²) in [5.74, 6) is -1.99. The Morgan fingerprint density at radius 2 is 1.11 bits per heavy atom. The fourth-order valence-corrected chi connectivity index (χ4v) is 9.88. The summed E-state index contributed by atoms with van der Waals surface area (Å²) in [6.45, 7) is 25.0. The van der Waals surface area contributed by atoms with Gasteiger partial charge in [-0.1, -0.05) is 6.42 Å². The number of aliphatic hydroxyl groups excluding tert-OH is 3. The Balaban J connectivity index is 1.55. The molecule has 6 amide bonds. The molecular weight excluding hydrogens is 1050 g/mol. The highest BCUT2D eigenvalue weighted by atomic mass is 16.8. The highest BCUT2D eigenvalue weighted by Crippen LogP contribution is 2.42. The molecule has 3 aliphatic heterocycles. The van der Waals surface area contributed by atoms with Crippen LogP contribution in [0.25, 0.3) is 0 Å². The highest BCUT2D eigenvalue weighted by molar-refractivity contribution is 5.81. The van der Waals surface area contributed by atoms with Crippen molar-refractivity contribution in [1.82, 2.24) is 31.5 Å². The van der Waals surface area contributed by atoms with Gasteiger partial charge in [-0.25, -0.2) is 24.0 Å². The standard InChI is InChI=1S/C54H94N6O20/c1-49(2,3)76-44(65)55-25-22-33(61)41(64)56-31-26-32(58-46(67)78-51(7,8)9)39(73-42-30(57-45(66)77-50(4,5)6)21-20-29(71-42)27-60(16)48(69)80-53(13,14)15)37(63)38(31)74-43-36(62)35(59-47(68)79-52(10,11)12)40-34(72-43)28-70-54(75-40)23-18-17-19-24-54/h29-40,42-43,61-63H,17-28H2,1-16H3,(H,55,65)(H,56,64)(H,57,66)(H,58,67)(H,59,68)/t29?,30?,31-,32+,33+,34?,35-,36?,37?,38-,39?,40+,42+,43+/m1/s1. The molecule has 0 aromatic rings. The van der Waals surface area contributed by atoms with E-state index >= 15 is 0 Å². The predicted octanol–water partition coefficient (Wildman–Crippen LogP) is 4.50. The van der Waals surface area contributed by atoms with Crippen LogP contribution in [0.5, 0.6) is 0 Å². The van der Waals surface area contributed by atoms with Crippen molar-refractivity contribution in [2.24, 2.45) is 0 Å². The molecule has 5 fully saturated rings. The third kappa shape index (κ3) is 20.7. The van der Waals surface area contributed by atoms with Gasteiger partial charge in [-0.05, 0) is 142 Å². The van der Waals surface area contributed by atoms with Gasteiger partial charge in [0.1, 0.15) is 70.7 Å². The van der Waals surface area contributed by atoms with E-state index in [-0.39, 0.29) is 39.0 Å². The maximum atomic E-state index is 14.1. The normalized spacial score (nSPS) is 30.5. The molecule has 3 heterocycles. The molecule has 460 valence electrons. The Hall–Kier alpha value is -4.54. The summed E-state index contributed by atoms with van der Waals surface area (Å²) in [4.78, 5) is 81.8. The average molecular weight is 1150 g/mol. The molecule has 0 bridgehead atoms. The minimum absolute atomic E-state index is 0.00230. The first-order valence-corrected chi connectivity index (χ1v) is 28.0. The summed E-state index contributed by atoms with van der Waals surface area (Å²) < 4.78 is 67.1. The maximum Gasteiger partial charge on any atom is 0.410 e. The summed E-state index contributed by atoms with van der Waals surface area (Å²) in [5, 5.41) is 50.1. The van der Waals surface area contributed by atoms with E-state index in [9.17, 15) is 44.1 Å². The SMILES string of the molecule is CN(CC1CCC(NC(=O)OC(C)(C)C)[C@H](OC2C(O)[C@H](O[C@@H]3OC4COC5(CCCCC5)O[C@@H]4[C@H](NC(=O)OC(C)(C)C)C3O)[C@H](NC(=O)[C@@H](O)CCNC(=O)OC(C)(C)C)C[C@@H]2NC(=O)OC(C)(C)C)O1)C(=O)OC(C)(C)C. The van der Waals surface area contributed by atoms with Crippen LogP contribution in [0.15, 0.2) is 0 Å². The van der Waals surface area contributed by atoms with E-state index in [1.807, 2.05) is 0 Å². The molecule has 1 spiro atoms. The van der Waals surface area contributed by atoms with Crippen molar-refractivity contribution in [2.75, 3.05) is 26.7 Å². The molecule has 8 N–H and O–H groups in total. The van der Waals surface area contributed by atoms with Gasteiger partial charge < -0.3 is 98.9 Å². The monoisotopic (exact) mass is 1150 g/mol. The van der Waals surface area contributed by atoms with Gasteiger partial charge in [0.05, 0.1) is 36.9 Å². The fraction of sp³-hybridized carbons (Fsp3) is 0.889. The number of likely N-dealkylation sites (N-methyl/N-ethyl adjacent to an activating group) is 1. The number of carbonyl (C=O) groups excluding carboxylic acids is 6. The van der Waals surface area contributed by atoms with Crippen LogP contribution >= 0.6 is 0 Å². The van der Waals surface area contributed by atoms with Crippen molar-refractivity contribution in [3.63, 3.8) is 0 Å². The molecule has 0 aromatic carbocycles. The summed E-state index contributed by atoms with van der Waals surface area (Å²) in [7, 11) is 1.53. The summed E-state index contributed by atoms with van der Waals surface area (Å²) >= 11 is 0. The van der Waals surface area contributed by atoms with Crippen LogP contribution in [0.4, 0.5) is 24.0 Å². The lowest BCUT2D eigenvalue weighted by molar-refractivity contribution is -0.389. The molecule has 0 radical (unpaired) electrons. The van der Waals surface area contributed by atoms with Gasteiger partial charge in [-0.3, -0.25) is 4.79 Å². The van der Waals surface area contributed by atoms with Gasteiger partial charge in [0.15, 0.2) is 18.4 Å².